The van der Waals surface area contributed by atoms with E-state index in [0.717, 1.165) is 29.9 Å². The molecule has 1 aromatic carbocycles. The molecule has 4 nitrogen and oxygen atoms in total. The van der Waals surface area contributed by atoms with Crippen LogP contribution in [0.3, 0.4) is 0 Å². The number of aromatic nitrogens is 2. The summed E-state index contributed by atoms with van der Waals surface area (Å²) in [6, 6.07) is 6.55. The fourth-order valence-corrected chi connectivity index (χ4v) is 4.72. The Labute approximate surface area is 152 Å². The number of halogens is 2. The van der Waals surface area contributed by atoms with Crippen LogP contribution in [0.5, 0.6) is 5.75 Å². The van der Waals surface area contributed by atoms with Crippen molar-refractivity contribution in [1.29, 1.82) is 0 Å². The van der Waals surface area contributed by atoms with Gasteiger partial charge < -0.3 is 4.74 Å². The van der Waals surface area contributed by atoms with Gasteiger partial charge in [-0.05, 0) is 43.9 Å². The molecule has 0 spiro atoms. The Morgan fingerprint density at radius 3 is 2.67 bits per heavy atom. The van der Waals surface area contributed by atoms with Crippen LogP contribution in [0.25, 0.3) is 4.96 Å². The average Bonchev–Trinajstić information content (AvgIpc) is 2.91. The third-order valence-electron chi connectivity index (χ3n) is 4.04. The minimum Gasteiger partial charge on any atom is -0.487 e. The molecule has 1 aliphatic rings. The summed E-state index contributed by atoms with van der Waals surface area (Å²) in [5.41, 5.74) is 1.70. The monoisotopic (exact) mass is 380 g/mol. The van der Waals surface area contributed by atoms with Crippen molar-refractivity contribution >= 4 is 39.5 Å². The molecule has 3 aromatic rings. The highest BCUT2D eigenvalue weighted by molar-refractivity contribution is 7.17. The highest BCUT2D eigenvalue weighted by Crippen LogP contribution is 2.28. The number of fused-ring (bicyclic) bond motifs is 3. The molecule has 1 aliphatic carbocycles. The van der Waals surface area contributed by atoms with Crippen molar-refractivity contribution < 1.29 is 4.74 Å². The molecule has 0 saturated heterocycles. The smallest absolute Gasteiger partial charge is 0.259 e. The molecule has 2 aromatic heterocycles. The minimum atomic E-state index is -0.0397. The fraction of sp³-hybridized carbons (Fsp3) is 0.294. The lowest BCUT2D eigenvalue weighted by atomic mass is 10.0. The zero-order valence-electron chi connectivity index (χ0n) is 12.7. The molecule has 0 bridgehead atoms. The lowest BCUT2D eigenvalue weighted by Crippen LogP contribution is -2.18. The molecule has 0 radical (unpaired) electrons. The van der Waals surface area contributed by atoms with E-state index in [-0.39, 0.29) is 12.2 Å². The Hall–Kier alpha value is -1.56. The zero-order valence-corrected chi connectivity index (χ0v) is 15.0. The van der Waals surface area contributed by atoms with Crippen LogP contribution >= 0.6 is 34.5 Å². The molecule has 0 saturated carbocycles. The van der Waals surface area contributed by atoms with Crippen LogP contribution in [0.1, 0.15) is 29.1 Å². The van der Waals surface area contributed by atoms with Gasteiger partial charge in [-0.25, -0.2) is 4.98 Å². The molecule has 0 amide bonds. The van der Waals surface area contributed by atoms with E-state index in [1.807, 2.05) is 0 Å². The Morgan fingerprint density at radius 1 is 1.12 bits per heavy atom. The minimum absolute atomic E-state index is 0.0397. The fourth-order valence-electron chi connectivity index (χ4n) is 2.98. The predicted octanol–water partition coefficient (Wildman–Crippen LogP) is 4.52. The SMILES string of the molecule is O=c1cc(COc2cc(Cl)cc(Cl)c2)nc2sc3c(n12)CCCC3. The number of aryl methyl sites for hydroxylation is 2. The van der Waals surface area contributed by atoms with Crippen LogP contribution in [0.2, 0.25) is 10.0 Å². The second-order valence-corrected chi connectivity index (χ2v) is 7.71. The van der Waals surface area contributed by atoms with E-state index >= 15 is 0 Å². The molecule has 0 fully saturated rings. The summed E-state index contributed by atoms with van der Waals surface area (Å²) in [4.78, 5) is 19.1. The summed E-state index contributed by atoms with van der Waals surface area (Å²) < 4.78 is 7.43. The van der Waals surface area contributed by atoms with Crippen LogP contribution in [-0.2, 0) is 19.4 Å². The Balaban J connectivity index is 1.64. The van der Waals surface area contributed by atoms with Crippen molar-refractivity contribution in [3.63, 3.8) is 0 Å². The molecule has 2 heterocycles. The molecule has 0 N–H and O–H groups in total. The van der Waals surface area contributed by atoms with Crippen molar-refractivity contribution in [2.45, 2.75) is 32.3 Å². The van der Waals surface area contributed by atoms with Crippen LogP contribution in [0, 0.1) is 0 Å². The maximum atomic E-state index is 12.5. The van der Waals surface area contributed by atoms with E-state index in [1.54, 1.807) is 40.0 Å². The second-order valence-electron chi connectivity index (χ2n) is 5.78. The third-order valence-corrected chi connectivity index (χ3v) is 5.62. The number of hydrogen-bond acceptors (Lipinski definition) is 4. The molecular weight excluding hydrogens is 367 g/mol. The maximum Gasteiger partial charge on any atom is 0.259 e. The van der Waals surface area contributed by atoms with Gasteiger partial charge in [0, 0.05) is 26.7 Å². The molecule has 0 aliphatic heterocycles. The van der Waals surface area contributed by atoms with Crippen molar-refractivity contribution in [2.24, 2.45) is 0 Å². The first-order valence-electron chi connectivity index (χ1n) is 7.72. The first kappa shape index (κ1) is 15.9. The van der Waals surface area contributed by atoms with E-state index in [4.69, 9.17) is 27.9 Å². The van der Waals surface area contributed by atoms with Gasteiger partial charge in [0.25, 0.3) is 5.56 Å². The summed E-state index contributed by atoms with van der Waals surface area (Å²) >= 11 is 13.5. The quantitative estimate of drug-likeness (QED) is 0.670. The van der Waals surface area contributed by atoms with Crippen molar-refractivity contribution in [1.82, 2.24) is 9.38 Å². The van der Waals surface area contributed by atoms with E-state index < -0.39 is 0 Å². The summed E-state index contributed by atoms with van der Waals surface area (Å²) in [6.07, 6.45) is 4.30. The predicted molar refractivity (Wildman–Crippen MR) is 96.8 cm³/mol. The van der Waals surface area contributed by atoms with Gasteiger partial charge in [0.1, 0.15) is 12.4 Å². The molecule has 24 heavy (non-hydrogen) atoms. The Morgan fingerprint density at radius 2 is 1.88 bits per heavy atom. The van der Waals surface area contributed by atoms with Gasteiger partial charge >= 0.3 is 0 Å². The number of hydrogen-bond donors (Lipinski definition) is 0. The standard InChI is InChI=1S/C17H14Cl2N2O2S/c18-10-5-11(19)7-13(6-10)23-9-12-8-16(22)21-14-3-1-2-4-15(14)24-17(21)20-12/h5-8H,1-4,9H2. The van der Waals surface area contributed by atoms with E-state index in [0.29, 0.717) is 21.5 Å². The second kappa shape index (κ2) is 6.39. The van der Waals surface area contributed by atoms with Gasteiger partial charge in [-0.2, -0.15) is 0 Å². The Kier molecular flexibility index (Phi) is 4.24. The zero-order chi connectivity index (χ0) is 16.7. The van der Waals surface area contributed by atoms with Gasteiger partial charge in [0.2, 0.25) is 0 Å². The van der Waals surface area contributed by atoms with Crippen LogP contribution in [-0.4, -0.2) is 9.38 Å². The third kappa shape index (κ3) is 3.04. The first-order chi connectivity index (χ1) is 11.6. The lowest BCUT2D eigenvalue weighted by molar-refractivity contribution is 0.301. The van der Waals surface area contributed by atoms with E-state index in [9.17, 15) is 4.79 Å². The largest absolute Gasteiger partial charge is 0.487 e. The number of ether oxygens (including phenoxy) is 1. The van der Waals surface area contributed by atoms with Crippen LogP contribution in [0.4, 0.5) is 0 Å². The molecule has 0 atom stereocenters. The van der Waals surface area contributed by atoms with Gasteiger partial charge in [-0.15, -0.1) is 11.3 Å². The average molecular weight is 381 g/mol. The van der Waals surface area contributed by atoms with Gasteiger partial charge in [-0.1, -0.05) is 23.2 Å². The maximum absolute atomic E-state index is 12.5. The van der Waals surface area contributed by atoms with Gasteiger partial charge in [-0.3, -0.25) is 9.20 Å². The summed E-state index contributed by atoms with van der Waals surface area (Å²) in [5, 5.41) is 1.01. The Bertz CT molecular complexity index is 960. The lowest BCUT2D eigenvalue weighted by Gasteiger charge is -2.10. The molecule has 4 rings (SSSR count). The highest BCUT2D eigenvalue weighted by atomic mass is 35.5. The number of rotatable bonds is 3. The summed E-state index contributed by atoms with van der Waals surface area (Å²) in [7, 11) is 0. The van der Waals surface area contributed by atoms with Crippen molar-refractivity contribution in [3.05, 3.63) is 60.9 Å². The van der Waals surface area contributed by atoms with Gasteiger partial charge in [0.15, 0.2) is 4.96 Å². The first-order valence-corrected chi connectivity index (χ1v) is 9.29. The van der Waals surface area contributed by atoms with Crippen LogP contribution in [0.15, 0.2) is 29.1 Å². The normalized spacial score (nSPS) is 13.9. The molecule has 7 heteroatoms. The van der Waals surface area contributed by atoms with Crippen LogP contribution < -0.4 is 10.3 Å². The van der Waals surface area contributed by atoms with Crippen molar-refractivity contribution in [3.8, 4) is 5.75 Å². The summed E-state index contributed by atoms with van der Waals surface area (Å²) in [5.74, 6) is 0.556. The van der Waals surface area contributed by atoms with E-state index in [2.05, 4.69) is 4.98 Å². The molecule has 124 valence electrons. The topological polar surface area (TPSA) is 43.6 Å². The molecule has 0 unspecified atom stereocenters. The molecular formula is C17H14Cl2N2O2S. The number of nitrogens with zero attached hydrogens (tertiary/aromatic N) is 2. The van der Waals surface area contributed by atoms with E-state index in [1.165, 1.54) is 11.3 Å². The highest BCUT2D eigenvalue weighted by Gasteiger charge is 2.18. The number of thiazole rings is 1. The van der Waals surface area contributed by atoms with Gasteiger partial charge in [0.05, 0.1) is 5.69 Å². The number of benzene rings is 1. The van der Waals surface area contributed by atoms with Crippen molar-refractivity contribution in [2.75, 3.05) is 0 Å². The summed E-state index contributed by atoms with van der Waals surface area (Å²) in [6.45, 7) is 0.199.